The Bertz CT molecular complexity index is 692. The van der Waals surface area contributed by atoms with Crippen LogP contribution in [0.2, 0.25) is 36.3 Å². The molecule has 0 spiro atoms. The highest BCUT2D eigenvalue weighted by atomic mass is 28.4. The minimum Gasteiger partial charge on any atom is -0.417 e. The van der Waals surface area contributed by atoms with E-state index in [0.717, 1.165) is 13.0 Å². The van der Waals surface area contributed by atoms with Crippen molar-refractivity contribution in [1.82, 2.24) is 0 Å². The third kappa shape index (κ3) is 5.10. The van der Waals surface area contributed by atoms with Gasteiger partial charge in [-0.1, -0.05) is 54.9 Å². The predicted molar refractivity (Wildman–Crippen MR) is 146 cm³/mol. The van der Waals surface area contributed by atoms with E-state index in [1.807, 2.05) is 0 Å². The van der Waals surface area contributed by atoms with Gasteiger partial charge in [0, 0.05) is 19.3 Å². The molecule has 0 heterocycles. The zero-order valence-electron chi connectivity index (χ0n) is 23.9. The van der Waals surface area contributed by atoms with Crippen LogP contribution in [0.1, 0.15) is 93.4 Å². The molecule has 3 nitrogen and oxygen atoms in total. The first-order valence-corrected chi connectivity index (χ1v) is 19.7. The van der Waals surface area contributed by atoms with Crippen molar-refractivity contribution in [2.45, 2.75) is 136 Å². The first-order chi connectivity index (χ1) is 14.9. The first-order valence-electron chi connectivity index (χ1n) is 13.8. The lowest BCUT2D eigenvalue weighted by Crippen LogP contribution is -2.50. The highest BCUT2D eigenvalue weighted by Crippen LogP contribution is 2.71. The van der Waals surface area contributed by atoms with Gasteiger partial charge in [0.25, 0.3) is 0 Å². The molecule has 3 aliphatic carbocycles. The maximum atomic E-state index is 10.2. The van der Waals surface area contributed by atoms with Crippen molar-refractivity contribution < 1.29 is 14.0 Å². The predicted octanol–water partition coefficient (Wildman–Crippen LogP) is 8.00. The van der Waals surface area contributed by atoms with Crippen molar-refractivity contribution >= 4 is 16.6 Å². The van der Waals surface area contributed by atoms with E-state index in [4.69, 9.17) is 8.85 Å². The molecule has 0 saturated heterocycles. The molecule has 3 aliphatic rings. The van der Waals surface area contributed by atoms with Crippen LogP contribution in [0.4, 0.5) is 0 Å². The van der Waals surface area contributed by atoms with Crippen LogP contribution < -0.4 is 0 Å². The minimum atomic E-state index is -1.77. The smallest absolute Gasteiger partial charge is 0.192 e. The van der Waals surface area contributed by atoms with Crippen LogP contribution in [-0.2, 0) is 8.85 Å². The molecular formula is C28H56O3Si2. The van der Waals surface area contributed by atoms with Gasteiger partial charge >= 0.3 is 0 Å². The van der Waals surface area contributed by atoms with Crippen LogP contribution in [-0.4, -0.2) is 41.1 Å². The van der Waals surface area contributed by atoms with E-state index in [1.54, 1.807) is 0 Å². The number of aliphatic hydroxyl groups is 1. The normalized spacial score (nSPS) is 37.8. The molecule has 3 fully saturated rings. The third-order valence-electron chi connectivity index (χ3n) is 11.3. The zero-order chi connectivity index (χ0) is 25.1. The number of hydrogen-bond acceptors (Lipinski definition) is 3. The van der Waals surface area contributed by atoms with E-state index >= 15 is 0 Å². The number of aliphatic hydroxyl groups excluding tert-OH is 1. The number of hydrogen-bond donors (Lipinski definition) is 1. The summed E-state index contributed by atoms with van der Waals surface area (Å²) in [6.07, 6.45) is 9.26. The average molecular weight is 497 g/mol. The molecule has 6 atom stereocenters. The van der Waals surface area contributed by atoms with E-state index < -0.39 is 16.6 Å². The van der Waals surface area contributed by atoms with Gasteiger partial charge < -0.3 is 14.0 Å². The average Bonchev–Trinajstić information content (AvgIpc) is 3.23. The Morgan fingerprint density at radius 2 is 1.52 bits per heavy atom. The lowest BCUT2D eigenvalue weighted by atomic mass is 9.60. The summed E-state index contributed by atoms with van der Waals surface area (Å²) in [7, 11) is -3.51. The van der Waals surface area contributed by atoms with E-state index in [0.29, 0.717) is 41.3 Å². The summed E-state index contributed by atoms with van der Waals surface area (Å²) >= 11 is 0. The molecule has 1 N–H and O–H groups in total. The lowest BCUT2D eigenvalue weighted by molar-refractivity contribution is -0.0326. The fraction of sp³-hybridized carbons (Fsp3) is 1.00. The molecule has 33 heavy (non-hydrogen) atoms. The summed E-state index contributed by atoms with van der Waals surface area (Å²) in [6, 6.07) is 0. The van der Waals surface area contributed by atoms with Crippen LogP contribution >= 0.6 is 0 Å². The Kier molecular flexibility index (Phi) is 7.61. The summed E-state index contributed by atoms with van der Waals surface area (Å²) in [6.45, 7) is 27.5. The van der Waals surface area contributed by atoms with Gasteiger partial charge in [-0.25, -0.2) is 0 Å². The van der Waals surface area contributed by atoms with E-state index in [2.05, 4.69) is 74.7 Å². The Balaban J connectivity index is 1.76. The van der Waals surface area contributed by atoms with Crippen molar-refractivity contribution in [1.29, 1.82) is 0 Å². The van der Waals surface area contributed by atoms with Gasteiger partial charge in [0.1, 0.15) is 0 Å². The Morgan fingerprint density at radius 1 is 0.909 bits per heavy atom. The van der Waals surface area contributed by atoms with Crippen LogP contribution in [0.3, 0.4) is 0 Å². The van der Waals surface area contributed by atoms with Crippen LogP contribution in [0.5, 0.6) is 0 Å². The maximum Gasteiger partial charge on any atom is 0.192 e. The monoisotopic (exact) mass is 496 g/mol. The van der Waals surface area contributed by atoms with Gasteiger partial charge in [0.15, 0.2) is 16.6 Å². The van der Waals surface area contributed by atoms with E-state index in [1.165, 1.54) is 38.5 Å². The van der Waals surface area contributed by atoms with Crippen molar-refractivity contribution in [3.63, 3.8) is 0 Å². The highest BCUT2D eigenvalue weighted by molar-refractivity contribution is 6.74. The number of fused-ring (bicyclic) bond motifs is 1. The first kappa shape index (κ1) is 27.9. The molecule has 4 unspecified atom stereocenters. The summed E-state index contributed by atoms with van der Waals surface area (Å²) in [5.41, 5.74) is 0.644. The van der Waals surface area contributed by atoms with Gasteiger partial charge in [-0.15, -0.1) is 0 Å². The molecule has 194 valence electrons. The van der Waals surface area contributed by atoms with Gasteiger partial charge in [-0.05, 0) is 103 Å². The van der Waals surface area contributed by atoms with Gasteiger partial charge in [0.2, 0.25) is 0 Å². The Labute approximate surface area is 208 Å². The quantitative estimate of drug-likeness (QED) is 0.346. The minimum absolute atomic E-state index is 0.252. The molecule has 0 aliphatic heterocycles. The van der Waals surface area contributed by atoms with Gasteiger partial charge in [-0.3, -0.25) is 0 Å². The third-order valence-corrected chi connectivity index (χ3v) is 20.4. The highest BCUT2D eigenvalue weighted by Gasteiger charge is 2.66. The summed E-state index contributed by atoms with van der Waals surface area (Å²) in [5.74, 6) is 1.87. The second kappa shape index (κ2) is 9.01. The van der Waals surface area contributed by atoms with Crippen molar-refractivity contribution in [2.24, 2.45) is 28.6 Å². The second-order valence-electron chi connectivity index (χ2n) is 15.2. The van der Waals surface area contributed by atoms with E-state index in [-0.39, 0.29) is 10.1 Å². The molecule has 0 radical (unpaired) electrons. The molecule has 0 bridgehead atoms. The van der Waals surface area contributed by atoms with Crippen LogP contribution in [0.15, 0.2) is 0 Å². The van der Waals surface area contributed by atoms with Crippen molar-refractivity contribution in [3.05, 3.63) is 0 Å². The Hall–Kier alpha value is 0.314. The van der Waals surface area contributed by atoms with Crippen molar-refractivity contribution in [2.75, 3.05) is 13.2 Å². The zero-order valence-corrected chi connectivity index (χ0v) is 25.9. The summed E-state index contributed by atoms with van der Waals surface area (Å²) < 4.78 is 13.7. The fourth-order valence-corrected chi connectivity index (χ4v) is 9.46. The SMILES string of the molecule is CC(C)(C)[Si](C)(C)OCCC1(C2CCC3[C@@H](O[Si](C)(C)C(C)(C)C)CCC[C@@]32C)CC1CO. The molecule has 3 saturated carbocycles. The molecule has 0 aromatic rings. The fourth-order valence-electron chi connectivity index (χ4n) is 7.03. The lowest BCUT2D eigenvalue weighted by Gasteiger charge is -2.50. The summed E-state index contributed by atoms with van der Waals surface area (Å²) in [5, 5.41) is 10.7. The van der Waals surface area contributed by atoms with Gasteiger partial charge in [-0.2, -0.15) is 0 Å². The van der Waals surface area contributed by atoms with Crippen LogP contribution in [0, 0.1) is 28.6 Å². The molecule has 0 aromatic heterocycles. The van der Waals surface area contributed by atoms with Gasteiger partial charge in [0.05, 0.1) is 0 Å². The van der Waals surface area contributed by atoms with Crippen LogP contribution in [0.25, 0.3) is 0 Å². The second-order valence-corrected chi connectivity index (χ2v) is 24.8. The number of rotatable bonds is 8. The van der Waals surface area contributed by atoms with E-state index in [9.17, 15) is 5.11 Å². The molecule has 0 aromatic carbocycles. The topological polar surface area (TPSA) is 38.7 Å². The molecule has 5 heteroatoms. The Morgan fingerprint density at radius 3 is 2.03 bits per heavy atom. The summed E-state index contributed by atoms with van der Waals surface area (Å²) in [4.78, 5) is 0. The molecular weight excluding hydrogens is 440 g/mol. The standard InChI is InChI=1S/C28H56O3Si2/c1-25(2,3)32(8,9)30-18-17-28(19-21(28)20-29)24-15-14-22-23(13-12-16-27(22,24)7)31-33(10,11)26(4,5)6/h21-24,29H,12-20H2,1-11H3/t21?,22?,23-,24?,27-,28?/m0/s1. The molecule has 3 rings (SSSR count). The van der Waals surface area contributed by atoms with Crippen molar-refractivity contribution in [3.8, 4) is 0 Å². The molecule has 0 amide bonds. The maximum absolute atomic E-state index is 10.2. The largest absolute Gasteiger partial charge is 0.417 e.